The van der Waals surface area contributed by atoms with Gasteiger partial charge in [0.1, 0.15) is 0 Å². The van der Waals surface area contributed by atoms with Gasteiger partial charge < -0.3 is 9.88 Å². The monoisotopic (exact) mass is 426 g/mol. The van der Waals surface area contributed by atoms with E-state index in [1.807, 2.05) is 64.6 Å². The lowest BCUT2D eigenvalue weighted by Gasteiger charge is -2.08. The van der Waals surface area contributed by atoms with Gasteiger partial charge in [-0.15, -0.1) is 23.0 Å². The van der Waals surface area contributed by atoms with Gasteiger partial charge in [0.25, 0.3) is 0 Å². The van der Waals surface area contributed by atoms with Crippen molar-refractivity contribution in [2.24, 2.45) is 5.10 Å². The molecule has 31 heavy (non-hydrogen) atoms. The molecule has 1 aromatic heterocycles. The minimum atomic E-state index is -0.390. The topological polar surface area (TPSA) is 58.4 Å². The summed E-state index contributed by atoms with van der Waals surface area (Å²) in [5, 5.41) is 9.10. The number of anilines is 1. The third-order valence-electron chi connectivity index (χ3n) is 4.68. The quantitative estimate of drug-likeness (QED) is 0.301. The zero-order valence-electron chi connectivity index (χ0n) is 16.9. The van der Waals surface area contributed by atoms with E-state index in [-0.39, 0.29) is 0 Å². The van der Waals surface area contributed by atoms with Crippen molar-refractivity contribution in [1.29, 1.82) is 0 Å². The van der Waals surface area contributed by atoms with E-state index in [2.05, 4.69) is 58.8 Å². The maximum Gasteiger partial charge on any atom is 0.339 e. The molecule has 0 aliphatic rings. The molecule has 0 bridgehead atoms. The van der Waals surface area contributed by atoms with Crippen LogP contribution in [0.1, 0.15) is 0 Å². The SMILES string of the molecule is C=CCn1c(-c2ccc(-c3ccccc3)cc2)csc1=NNC(=O)Nc1ccccc1. The maximum absolute atomic E-state index is 12.2. The van der Waals surface area contributed by atoms with Gasteiger partial charge in [0, 0.05) is 17.6 Å². The average molecular weight is 427 g/mol. The summed E-state index contributed by atoms with van der Waals surface area (Å²) in [6, 6.07) is 27.6. The fourth-order valence-electron chi connectivity index (χ4n) is 3.20. The molecule has 0 aliphatic heterocycles. The van der Waals surface area contributed by atoms with Gasteiger partial charge >= 0.3 is 6.03 Å². The van der Waals surface area contributed by atoms with E-state index in [4.69, 9.17) is 0 Å². The molecule has 3 aromatic carbocycles. The van der Waals surface area contributed by atoms with Gasteiger partial charge in [0.15, 0.2) is 0 Å². The zero-order chi connectivity index (χ0) is 21.5. The standard InChI is InChI=1S/C25H22N4OS/c1-2-17-29-23(21-15-13-20(14-16-21)19-9-5-3-6-10-19)18-31-25(29)28-27-24(30)26-22-11-7-4-8-12-22/h2-16,18H,1,17H2,(H2,26,27,30). The number of hydrogen-bond acceptors (Lipinski definition) is 3. The first kappa shape index (κ1) is 20.4. The molecule has 0 radical (unpaired) electrons. The highest BCUT2D eigenvalue weighted by atomic mass is 32.1. The van der Waals surface area contributed by atoms with Gasteiger partial charge in [0.05, 0.1) is 5.69 Å². The van der Waals surface area contributed by atoms with Crippen LogP contribution in [0.2, 0.25) is 0 Å². The minimum absolute atomic E-state index is 0.390. The van der Waals surface area contributed by atoms with Crippen LogP contribution in [0.25, 0.3) is 22.4 Å². The third kappa shape index (κ3) is 4.99. The summed E-state index contributed by atoms with van der Waals surface area (Å²) in [6.07, 6.45) is 1.82. The first-order valence-electron chi connectivity index (χ1n) is 9.85. The van der Waals surface area contributed by atoms with Crippen molar-refractivity contribution < 1.29 is 4.79 Å². The number of nitrogens with zero attached hydrogens (tertiary/aromatic N) is 2. The summed E-state index contributed by atoms with van der Waals surface area (Å²) >= 11 is 1.47. The minimum Gasteiger partial charge on any atom is -0.311 e. The fraction of sp³-hybridized carbons (Fsp3) is 0.0400. The van der Waals surface area contributed by atoms with E-state index in [9.17, 15) is 4.79 Å². The number of nitrogens with one attached hydrogen (secondary N) is 2. The number of benzene rings is 3. The molecule has 0 saturated carbocycles. The number of rotatable bonds is 6. The fourth-order valence-corrected chi connectivity index (χ4v) is 4.08. The number of carbonyl (C=O) groups is 1. The summed E-state index contributed by atoms with van der Waals surface area (Å²) in [7, 11) is 0. The van der Waals surface area contributed by atoms with Gasteiger partial charge in [-0.2, -0.15) is 0 Å². The molecular formula is C25H22N4OS. The Morgan fingerprint density at radius 3 is 2.19 bits per heavy atom. The Labute approximate surface area is 185 Å². The number of aromatic nitrogens is 1. The lowest BCUT2D eigenvalue weighted by Crippen LogP contribution is -2.28. The highest BCUT2D eigenvalue weighted by Crippen LogP contribution is 2.25. The molecule has 0 atom stereocenters. The van der Waals surface area contributed by atoms with Crippen molar-refractivity contribution in [3.8, 4) is 22.4 Å². The van der Waals surface area contributed by atoms with E-state index >= 15 is 0 Å². The van der Waals surface area contributed by atoms with Gasteiger partial charge in [-0.3, -0.25) is 0 Å². The van der Waals surface area contributed by atoms with Crippen LogP contribution >= 0.6 is 11.3 Å². The van der Waals surface area contributed by atoms with Crippen LogP contribution in [0.3, 0.4) is 0 Å². The summed E-state index contributed by atoms with van der Waals surface area (Å²) in [5.74, 6) is 0. The Bertz CT molecular complexity index is 1230. The van der Waals surface area contributed by atoms with Gasteiger partial charge in [-0.25, -0.2) is 10.2 Å². The van der Waals surface area contributed by atoms with E-state index in [1.54, 1.807) is 0 Å². The number of hydrogen-bond donors (Lipinski definition) is 2. The smallest absolute Gasteiger partial charge is 0.311 e. The number of carbonyl (C=O) groups excluding carboxylic acids is 1. The van der Waals surface area contributed by atoms with Gasteiger partial charge in [-0.05, 0) is 28.8 Å². The van der Waals surface area contributed by atoms with Crippen molar-refractivity contribution in [1.82, 2.24) is 9.99 Å². The van der Waals surface area contributed by atoms with Crippen LogP contribution in [-0.4, -0.2) is 10.6 Å². The molecule has 2 N–H and O–H groups in total. The van der Waals surface area contributed by atoms with Crippen LogP contribution in [-0.2, 0) is 6.54 Å². The Morgan fingerprint density at radius 1 is 0.903 bits per heavy atom. The number of allylic oxidation sites excluding steroid dienone is 1. The summed E-state index contributed by atoms with van der Waals surface area (Å²) in [6.45, 7) is 4.44. The number of urea groups is 1. The molecule has 0 spiro atoms. The van der Waals surface area contributed by atoms with Crippen molar-refractivity contribution >= 4 is 23.1 Å². The molecule has 4 rings (SSSR count). The third-order valence-corrected chi connectivity index (χ3v) is 5.55. The average Bonchev–Trinajstić information content (AvgIpc) is 3.22. The van der Waals surface area contributed by atoms with Crippen LogP contribution in [0.5, 0.6) is 0 Å². The second-order valence-corrected chi connectivity index (χ2v) is 7.63. The number of amides is 2. The van der Waals surface area contributed by atoms with Crippen molar-refractivity contribution in [3.63, 3.8) is 0 Å². The van der Waals surface area contributed by atoms with E-state index in [0.29, 0.717) is 17.0 Å². The molecule has 0 aliphatic carbocycles. The van der Waals surface area contributed by atoms with Crippen LogP contribution in [0.4, 0.5) is 10.5 Å². The Morgan fingerprint density at radius 2 is 1.52 bits per heavy atom. The Kier molecular flexibility index (Phi) is 6.40. The van der Waals surface area contributed by atoms with Gasteiger partial charge in [0.2, 0.25) is 4.80 Å². The molecule has 154 valence electrons. The van der Waals surface area contributed by atoms with E-state index < -0.39 is 6.03 Å². The maximum atomic E-state index is 12.2. The predicted molar refractivity (Wildman–Crippen MR) is 128 cm³/mol. The van der Waals surface area contributed by atoms with Crippen molar-refractivity contribution in [2.75, 3.05) is 5.32 Å². The molecule has 1 heterocycles. The molecular weight excluding hydrogens is 404 g/mol. The first-order valence-corrected chi connectivity index (χ1v) is 10.7. The largest absolute Gasteiger partial charge is 0.339 e. The lowest BCUT2D eigenvalue weighted by atomic mass is 10.0. The lowest BCUT2D eigenvalue weighted by molar-refractivity contribution is 0.252. The highest BCUT2D eigenvalue weighted by molar-refractivity contribution is 7.07. The molecule has 0 saturated heterocycles. The summed E-state index contributed by atoms with van der Waals surface area (Å²) in [4.78, 5) is 12.8. The normalized spacial score (nSPS) is 11.2. The first-order chi connectivity index (χ1) is 15.2. The second kappa shape index (κ2) is 9.73. The number of thiazole rings is 1. The van der Waals surface area contributed by atoms with Gasteiger partial charge in [-0.1, -0.05) is 78.9 Å². The van der Waals surface area contributed by atoms with E-state index in [0.717, 1.165) is 11.3 Å². The second-order valence-electron chi connectivity index (χ2n) is 6.79. The zero-order valence-corrected chi connectivity index (χ0v) is 17.7. The Balaban J connectivity index is 1.56. The van der Waals surface area contributed by atoms with Crippen LogP contribution in [0, 0.1) is 0 Å². The van der Waals surface area contributed by atoms with Crippen LogP contribution in [0.15, 0.2) is 108 Å². The molecule has 4 aromatic rings. The highest BCUT2D eigenvalue weighted by Gasteiger charge is 2.08. The Hall–Kier alpha value is -3.90. The predicted octanol–water partition coefficient (Wildman–Crippen LogP) is 5.71. The molecule has 2 amide bonds. The molecule has 5 nitrogen and oxygen atoms in total. The molecule has 0 unspecified atom stereocenters. The summed E-state index contributed by atoms with van der Waals surface area (Å²) < 4.78 is 2.03. The molecule has 6 heteroatoms. The number of para-hydroxylation sites is 1. The van der Waals surface area contributed by atoms with Crippen LogP contribution < -0.4 is 15.5 Å². The van der Waals surface area contributed by atoms with Crippen molar-refractivity contribution in [3.05, 3.63) is 108 Å². The van der Waals surface area contributed by atoms with Crippen molar-refractivity contribution in [2.45, 2.75) is 6.54 Å². The summed E-state index contributed by atoms with van der Waals surface area (Å²) in [5.41, 5.74) is 7.73. The molecule has 0 fully saturated rings. The van der Waals surface area contributed by atoms with E-state index in [1.165, 1.54) is 22.5 Å².